The fraction of sp³-hybridized carbons (Fsp3) is 0.588. The van der Waals surface area contributed by atoms with E-state index in [9.17, 15) is 4.79 Å². The molecule has 0 radical (unpaired) electrons. The number of carbonyl (C=O) groups excluding carboxylic acids is 1. The number of ether oxygens (including phenoxy) is 1. The lowest BCUT2D eigenvalue weighted by Crippen LogP contribution is -2.31. The summed E-state index contributed by atoms with van der Waals surface area (Å²) in [5.74, 6) is 1.68. The third-order valence-corrected chi connectivity index (χ3v) is 5.56. The SMILES string of the molecule is CCOC(=O)CSc1nnc(CSc2cc(C)nc(N3CCCCC3)n2)o1. The first-order chi connectivity index (χ1) is 13.1. The number of rotatable bonds is 8. The maximum Gasteiger partial charge on any atom is 0.316 e. The second kappa shape index (κ2) is 9.93. The standard InChI is InChI=1S/C17H23N5O3S2/c1-3-24-15(23)11-27-17-21-20-13(25-17)10-26-14-9-12(2)18-16(19-14)22-7-5-4-6-8-22/h9H,3-8,10-11H2,1-2H3. The minimum absolute atomic E-state index is 0.160. The molecule has 0 aliphatic carbocycles. The van der Waals surface area contributed by atoms with Crippen molar-refractivity contribution < 1.29 is 13.9 Å². The van der Waals surface area contributed by atoms with E-state index in [4.69, 9.17) is 9.15 Å². The average molecular weight is 410 g/mol. The molecule has 1 aliphatic heterocycles. The van der Waals surface area contributed by atoms with Crippen LogP contribution < -0.4 is 4.90 Å². The second-order valence-corrected chi connectivity index (χ2v) is 7.96. The zero-order chi connectivity index (χ0) is 19.1. The Morgan fingerprint density at radius 2 is 2.04 bits per heavy atom. The van der Waals surface area contributed by atoms with Crippen LogP contribution in [0.5, 0.6) is 0 Å². The van der Waals surface area contributed by atoms with E-state index in [-0.39, 0.29) is 11.7 Å². The first-order valence-corrected chi connectivity index (χ1v) is 11.0. The number of nitrogens with zero attached hydrogens (tertiary/aromatic N) is 5. The summed E-state index contributed by atoms with van der Waals surface area (Å²) in [5, 5.41) is 9.24. The summed E-state index contributed by atoms with van der Waals surface area (Å²) in [4.78, 5) is 22.9. The Bertz CT molecular complexity index is 765. The molecular formula is C17H23N5O3S2. The first-order valence-electron chi connectivity index (χ1n) is 8.98. The number of carbonyl (C=O) groups is 1. The quantitative estimate of drug-likeness (QED) is 0.368. The van der Waals surface area contributed by atoms with Gasteiger partial charge in [0, 0.05) is 18.8 Å². The van der Waals surface area contributed by atoms with Crippen LogP contribution in [0, 0.1) is 6.92 Å². The summed E-state index contributed by atoms with van der Waals surface area (Å²) in [6, 6.07) is 1.96. The summed E-state index contributed by atoms with van der Waals surface area (Å²) in [7, 11) is 0. The van der Waals surface area contributed by atoms with Crippen molar-refractivity contribution in [3.05, 3.63) is 17.7 Å². The minimum Gasteiger partial charge on any atom is -0.465 e. The van der Waals surface area contributed by atoms with Crippen LogP contribution in [0.1, 0.15) is 37.8 Å². The van der Waals surface area contributed by atoms with E-state index in [1.54, 1.807) is 6.92 Å². The second-order valence-electron chi connectivity index (χ2n) is 6.04. The lowest BCUT2D eigenvalue weighted by molar-refractivity contribution is -0.139. The first kappa shape index (κ1) is 19.9. The van der Waals surface area contributed by atoms with Gasteiger partial charge in [-0.1, -0.05) is 23.5 Å². The van der Waals surface area contributed by atoms with Gasteiger partial charge in [0.15, 0.2) is 0 Å². The van der Waals surface area contributed by atoms with Gasteiger partial charge in [0.25, 0.3) is 5.22 Å². The van der Waals surface area contributed by atoms with Gasteiger partial charge in [0.2, 0.25) is 11.8 Å². The molecule has 2 aromatic rings. The van der Waals surface area contributed by atoms with Crippen LogP contribution in [0.15, 0.2) is 20.7 Å². The van der Waals surface area contributed by atoms with Crippen molar-refractivity contribution in [1.82, 2.24) is 20.2 Å². The topological polar surface area (TPSA) is 94.2 Å². The number of aromatic nitrogens is 4. The van der Waals surface area contributed by atoms with Gasteiger partial charge in [-0.05, 0) is 39.2 Å². The molecule has 0 atom stereocenters. The highest BCUT2D eigenvalue weighted by atomic mass is 32.2. The van der Waals surface area contributed by atoms with E-state index in [1.165, 1.54) is 42.8 Å². The third-order valence-electron chi connectivity index (χ3n) is 3.87. The van der Waals surface area contributed by atoms with Gasteiger partial charge in [0.05, 0.1) is 12.4 Å². The molecule has 0 aromatic carbocycles. The molecular weight excluding hydrogens is 386 g/mol. The number of hydrogen-bond acceptors (Lipinski definition) is 10. The van der Waals surface area contributed by atoms with Crippen molar-refractivity contribution in [2.45, 2.75) is 49.1 Å². The van der Waals surface area contributed by atoms with Crippen molar-refractivity contribution in [2.75, 3.05) is 30.3 Å². The predicted molar refractivity (Wildman–Crippen MR) is 104 cm³/mol. The molecule has 0 amide bonds. The molecule has 1 aliphatic rings. The van der Waals surface area contributed by atoms with Crippen LogP contribution in [0.25, 0.3) is 0 Å². The molecule has 3 rings (SSSR count). The summed E-state index contributed by atoms with van der Waals surface area (Å²) < 4.78 is 10.4. The highest BCUT2D eigenvalue weighted by molar-refractivity contribution is 7.99. The Balaban J connectivity index is 1.55. The number of hydrogen-bond donors (Lipinski definition) is 0. The molecule has 1 saturated heterocycles. The fourth-order valence-electron chi connectivity index (χ4n) is 2.65. The lowest BCUT2D eigenvalue weighted by Gasteiger charge is -2.27. The zero-order valence-electron chi connectivity index (χ0n) is 15.5. The Morgan fingerprint density at radius 3 is 2.81 bits per heavy atom. The van der Waals surface area contributed by atoms with Gasteiger partial charge in [-0.2, -0.15) is 0 Å². The van der Waals surface area contributed by atoms with Gasteiger partial charge in [-0.3, -0.25) is 4.79 Å². The van der Waals surface area contributed by atoms with Crippen LogP contribution in [0.3, 0.4) is 0 Å². The minimum atomic E-state index is -0.293. The van der Waals surface area contributed by atoms with Crippen LogP contribution >= 0.6 is 23.5 Å². The Hall–Kier alpha value is -1.81. The molecule has 1 fully saturated rings. The molecule has 0 saturated carbocycles. The number of thioether (sulfide) groups is 2. The molecule has 2 aromatic heterocycles. The Kier molecular flexibility index (Phi) is 7.33. The van der Waals surface area contributed by atoms with E-state index >= 15 is 0 Å². The zero-order valence-corrected chi connectivity index (χ0v) is 17.1. The summed E-state index contributed by atoms with van der Waals surface area (Å²) in [6.07, 6.45) is 3.65. The van der Waals surface area contributed by atoms with Crippen LogP contribution in [0.4, 0.5) is 5.95 Å². The summed E-state index contributed by atoms with van der Waals surface area (Å²) in [5.41, 5.74) is 0.948. The number of aryl methyl sites for hydroxylation is 1. The van der Waals surface area contributed by atoms with Gasteiger partial charge in [-0.15, -0.1) is 10.2 Å². The van der Waals surface area contributed by atoms with Crippen LogP contribution in [0.2, 0.25) is 0 Å². The van der Waals surface area contributed by atoms with E-state index in [1.807, 2.05) is 13.0 Å². The molecule has 8 nitrogen and oxygen atoms in total. The highest BCUT2D eigenvalue weighted by Gasteiger charge is 2.16. The number of esters is 1. The lowest BCUT2D eigenvalue weighted by atomic mass is 10.1. The van der Waals surface area contributed by atoms with Gasteiger partial charge >= 0.3 is 5.97 Å². The largest absolute Gasteiger partial charge is 0.465 e. The van der Waals surface area contributed by atoms with Gasteiger partial charge < -0.3 is 14.1 Å². The maximum absolute atomic E-state index is 11.4. The molecule has 10 heteroatoms. The third kappa shape index (κ3) is 6.10. The van der Waals surface area contributed by atoms with Crippen molar-refractivity contribution in [2.24, 2.45) is 0 Å². The van der Waals surface area contributed by atoms with Gasteiger partial charge in [0.1, 0.15) is 10.8 Å². The van der Waals surface area contributed by atoms with Crippen molar-refractivity contribution in [3.8, 4) is 0 Å². The van der Waals surface area contributed by atoms with E-state index in [0.29, 0.717) is 23.5 Å². The van der Waals surface area contributed by atoms with Crippen molar-refractivity contribution >= 4 is 35.4 Å². The van der Waals surface area contributed by atoms with Crippen LogP contribution in [-0.2, 0) is 15.3 Å². The van der Waals surface area contributed by atoms with Gasteiger partial charge in [-0.25, -0.2) is 9.97 Å². The predicted octanol–water partition coefficient (Wildman–Crippen LogP) is 3.11. The normalized spacial score (nSPS) is 14.4. The van der Waals surface area contributed by atoms with Crippen molar-refractivity contribution in [1.29, 1.82) is 0 Å². The summed E-state index contributed by atoms with van der Waals surface area (Å²) >= 11 is 2.72. The molecule has 0 spiro atoms. The highest BCUT2D eigenvalue weighted by Crippen LogP contribution is 2.25. The van der Waals surface area contributed by atoms with Crippen molar-refractivity contribution in [3.63, 3.8) is 0 Å². The maximum atomic E-state index is 11.4. The molecule has 3 heterocycles. The molecule has 146 valence electrons. The molecule has 0 bridgehead atoms. The number of piperidine rings is 1. The van der Waals surface area contributed by atoms with E-state index < -0.39 is 0 Å². The molecule has 0 N–H and O–H groups in total. The molecule has 0 unspecified atom stereocenters. The number of anilines is 1. The average Bonchev–Trinajstić information content (AvgIpc) is 3.13. The van der Waals surface area contributed by atoms with E-state index in [2.05, 4.69) is 25.1 Å². The van der Waals surface area contributed by atoms with Crippen LogP contribution in [-0.4, -0.2) is 51.6 Å². The fourth-order valence-corrected chi connectivity index (χ4v) is 4.01. The summed E-state index contributed by atoms with van der Waals surface area (Å²) in [6.45, 7) is 6.14. The smallest absolute Gasteiger partial charge is 0.316 e. The van der Waals surface area contributed by atoms with E-state index in [0.717, 1.165) is 29.8 Å². The Morgan fingerprint density at radius 1 is 1.22 bits per heavy atom. The molecule has 27 heavy (non-hydrogen) atoms. The Labute approximate surface area is 166 Å². The monoisotopic (exact) mass is 409 g/mol.